The zero-order chi connectivity index (χ0) is 19.2. The highest BCUT2D eigenvalue weighted by molar-refractivity contribution is 5.85. The first kappa shape index (κ1) is 17.9. The van der Waals surface area contributed by atoms with Crippen LogP contribution >= 0.6 is 0 Å². The Bertz CT molecular complexity index is 1030. The number of rotatable bonds is 7. The molecular formula is C25H23NO2. The van der Waals surface area contributed by atoms with Gasteiger partial charge in [0.25, 0.3) is 0 Å². The van der Waals surface area contributed by atoms with Crippen molar-refractivity contribution in [1.29, 1.82) is 0 Å². The molecule has 0 spiro atoms. The maximum absolute atomic E-state index is 5.90. The van der Waals surface area contributed by atoms with E-state index >= 15 is 0 Å². The molecule has 0 aliphatic carbocycles. The smallest absolute Gasteiger partial charge is 0.127 e. The van der Waals surface area contributed by atoms with E-state index in [4.69, 9.17) is 9.47 Å². The SMILES string of the molecule is CCOc1ccc(Oc2ccc(NCc3cccc4ccccc34)cc2)cc1. The predicted molar refractivity (Wildman–Crippen MR) is 115 cm³/mol. The highest BCUT2D eigenvalue weighted by Gasteiger charge is 2.02. The second-order valence-electron chi connectivity index (χ2n) is 6.52. The minimum Gasteiger partial charge on any atom is -0.494 e. The molecule has 4 aromatic rings. The number of anilines is 1. The standard InChI is InChI=1S/C25H23NO2/c1-2-27-22-14-16-24(17-15-22)28-23-12-10-21(11-13-23)26-18-20-8-5-7-19-6-3-4-9-25(19)20/h3-17,26H,2,18H2,1H3. The quantitative estimate of drug-likeness (QED) is 0.396. The molecule has 4 rings (SSSR count). The summed E-state index contributed by atoms with van der Waals surface area (Å²) < 4.78 is 11.4. The molecule has 28 heavy (non-hydrogen) atoms. The predicted octanol–water partition coefficient (Wildman–Crippen LogP) is 6.64. The lowest BCUT2D eigenvalue weighted by molar-refractivity contribution is 0.339. The van der Waals surface area contributed by atoms with Gasteiger partial charge in [0.2, 0.25) is 0 Å². The van der Waals surface area contributed by atoms with Gasteiger partial charge in [0.05, 0.1) is 6.61 Å². The Kier molecular flexibility index (Phi) is 5.43. The first-order valence-corrected chi connectivity index (χ1v) is 9.53. The lowest BCUT2D eigenvalue weighted by Gasteiger charge is -2.11. The van der Waals surface area contributed by atoms with E-state index in [1.807, 2.05) is 55.5 Å². The van der Waals surface area contributed by atoms with E-state index in [9.17, 15) is 0 Å². The number of hydrogen-bond acceptors (Lipinski definition) is 3. The van der Waals surface area contributed by atoms with Crippen molar-refractivity contribution < 1.29 is 9.47 Å². The molecular weight excluding hydrogens is 346 g/mol. The zero-order valence-electron chi connectivity index (χ0n) is 15.9. The van der Waals surface area contributed by atoms with Crippen LogP contribution in [0.25, 0.3) is 10.8 Å². The van der Waals surface area contributed by atoms with Crippen molar-refractivity contribution in [3.63, 3.8) is 0 Å². The minimum atomic E-state index is 0.660. The van der Waals surface area contributed by atoms with Crippen molar-refractivity contribution in [2.45, 2.75) is 13.5 Å². The van der Waals surface area contributed by atoms with Gasteiger partial charge in [0, 0.05) is 12.2 Å². The Labute approximate surface area is 165 Å². The maximum atomic E-state index is 5.90. The highest BCUT2D eigenvalue weighted by Crippen LogP contribution is 2.26. The Morgan fingerprint density at radius 3 is 2.07 bits per heavy atom. The van der Waals surface area contributed by atoms with E-state index in [1.54, 1.807) is 0 Å². The summed E-state index contributed by atoms with van der Waals surface area (Å²) in [6.45, 7) is 3.41. The van der Waals surface area contributed by atoms with Gasteiger partial charge in [-0.3, -0.25) is 0 Å². The number of hydrogen-bond donors (Lipinski definition) is 1. The molecule has 0 saturated carbocycles. The number of benzene rings is 4. The van der Waals surface area contributed by atoms with Crippen molar-refractivity contribution in [2.24, 2.45) is 0 Å². The second-order valence-corrected chi connectivity index (χ2v) is 6.52. The molecule has 3 nitrogen and oxygen atoms in total. The molecule has 0 radical (unpaired) electrons. The lowest BCUT2D eigenvalue weighted by Crippen LogP contribution is -2.00. The summed E-state index contributed by atoms with van der Waals surface area (Å²) in [5.74, 6) is 2.45. The first-order chi connectivity index (χ1) is 13.8. The van der Waals surface area contributed by atoms with Gasteiger partial charge in [-0.05, 0) is 71.8 Å². The van der Waals surface area contributed by atoms with Gasteiger partial charge >= 0.3 is 0 Å². The Balaban J connectivity index is 1.39. The topological polar surface area (TPSA) is 30.5 Å². The second kappa shape index (κ2) is 8.49. The van der Waals surface area contributed by atoms with E-state index in [2.05, 4.69) is 47.8 Å². The number of fused-ring (bicyclic) bond motifs is 1. The van der Waals surface area contributed by atoms with E-state index < -0.39 is 0 Å². The third kappa shape index (κ3) is 4.26. The molecule has 140 valence electrons. The van der Waals surface area contributed by atoms with Crippen LogP contribution in [-0.2, 0) is 6.54 Å². The van der Waals surface area contributed by atoms with Crippen molar-refractivity contribution in [2.75, 3.05) is 11.9 Å². The molecule has 0 atom stereocenters. The fourth-order valence-corrected chi connectivity index (χ4v) is 3.19. The summed E-state index contributed by atoms with van der Waals surface area (Å²) >= 11 is 0. The van der Waals surface area contributed by atoms with Crippen LogP contribution in [0, 0.1) is 0 Å². The fourth-order valence-electron chi connectivity index (χ4n) is 3.19. The van der Waals surface area contributed by atoms with E-state index in [1.165, 1.54) is 16.3 Å². The van der Waals surface area contributed by atoms with Gasteiger partial charge in [0.1, 0.15) is 17.2 Å². The van der Waals surface area contributed by atoms with Crippen LogP contribution in [0.2, 0.25) is 0 Å². The molecule has 0 heterocycles. The van der Waals surface area contributed by atoms with Gasteiger partial charge in [-0.1, -0.05) is 42.5 Å². The average Bonchev–Trinajstić information content (AvgIpc) is 2.75. The van der Waals surface area contributed by atoms with Gasteiger partial charge in [0.15, 0.2) is 0 Å². The number of nitrogens with one attached hydrogen (secondary N) is 1. The number of ether oxygens (including phenoxy) is 2. The Morgan fingerprint density at radius 2 is 1.32 bits per heavy atom. The van der Waals surface area contributed by atoms with Crippen LogP contribution in [-0.4, -0.2) is 6.61 Å². The summed E-state index contributed by atoms with van der Waals surface area (Å²) in [5.41, 5.74) is 2.35. The Hall–Kier alpha value is -3.46. The first-order valence-electron chi connectivity index (χ1n) is 9.53. The summed E-state index contributed by atoms with van der Waals surface area (Å²) in [5, 5.41) is 6.04. The molecule has 0 unspecified atom stereocenters. The van der Waals surface area contributed by atoms with Crippen molar-refractivity contribution >= 4 is 16.5 Å². The molecule has 0 amide bonds. The van der Waals surface area contributed by atoms with Crippen LogP contribution in [0.3, 0.4) is 0 Å². The monoisotopic (exact) mass is 369 g/mol. The minimum absolute atomic E-state index is 0.660. The van der Waals surface area contributed by atoms with Gasteiger partial charge in [-0.25, -0.2) is 0 Å². The van der Waals surface area contributed by atoms with Crippen LogP contribution in [0.1, 0.15) is 12.5 Å². The molecule has 0 aromatic heterocycles. The van der Waals surface area contributed by atoms with Crippen molar-refractivity contribution in [3.8, 4) is 17.2 Å². The summed E-state index contributed by atoms with van der Waals surface area (Å²) in [4.78, 5) is 0. The molecule has 1 N–H and O–H groups in total. The average molecular weight is 369 g/mol. The fraction of sp³-hybridized carbons (Fsp3) is 0.120. The van der Waals surface area contributed by atoms with Crippen molar-refractivity contribution in [3.05, 3.63) is 96.6 Å². The van der Waals surface area contributed by atoms with Gasteiger partial charge in [-0.2, -0.15) is 0 Å². The molecule has 0 fully saturated rings. The van der Waals surface area contributed by atoms with Crippen LogP contribution in [0.5, 0.6) is 17.2 Å². The summed E-state index contributed by atoms with van der Waals surface area (Å²) in [6, 6.07) is 30.6. The summed E-state index contributed by atoms with van der Waals surface area (Å²) in [7, 11) is 0. The molecule has 0 saturated heterocycles. The van der Waals surface area contributed by atoms with Crippen LogP contribution in [0.15, 0.2) is 91.0 Å². The van der Waals surface area contributed by atoms with Gasteiger partial charge in [-0.15, -0.1) is 0 Å². The zero-order valence-corrected chi connectivity index (χ0v) is 15.9. The maximum Gasteiger partial charge on any atom is 0.127 e. The van der Waals surface area contributed by atoms with E-state index in [0.29, 0.717) is 6.61 Å². The molecule has 0 aliphatic rings. The van der Waals surface area contributed by atoms with E-state index in [0.717, 1.165) is 29.5 Å². The normalized spacial score (nSPS) is 10.6. The van der Waals surface area contributed by atoms with Crippen molar-refractivity contribution in [1.82, 2.24) is 0 Å². The lowest BCUT2D eigenvalue weighted by atomic mass is 10.0. The molecule has 0 aliphatic heterocycles. The van der Waals surface area contributed by atoms with E-state index in [-0.39, 0.29) is 0 Å². The van der Waals surface area contributed by atoms with Crippen LogP contribution in [0.4, 0.5) is 5.69 Å². The molecule has 4 aromatic carbocycles. The molecule has 3 heteroatoms. The molecule has 0 bridgehead atoms. The third-order valence-electron chi connectivity index (χ3n) is 4.59. The Morgan fingerprint density at radius 1 is 0.679 bits per heavy atom. The van der Waals surface area contributed by atoms with Gasteiger partial charge < -0.3 is 14.8 Å². The largest absolute Gasteiger partial charge is 0.494 e. The summed E-state index contributed by atoms with van der Waals surface area (Å²) in [6.07, 6.45) is 0. The highest BCUT2D eigenvalue weighted by atomic mass is 16.5. The third-order valence-corrected chi connectivity index (χ3v) is 4.59. The van der Waals surface area contributed by atoms with Crippen LogP contribution < -0.4 is 14.8 Å².